The van der Waals surface area contributed by atoms with Crippen molar-refractivity contribution in [2.24, 2.45) is 0 Å². The van der Waals surface area contributed by atoms with Crippen LogP contribution in [0.2, 0.25) is 0 Å². The third-order valence-electron chi connectivity index (χ3n) is 5.99. The van der Waals surface area contributed by atoms with Crippen LogP contribution in [-0.4, -0.2) is 10.9 Å². The van der Waals surface area contributed by atoms with Crippen LogP contribution < -0.4 is 10.9 Å². The van der Waals surface area contributed by atoms with E-state index in [4.69, 9.17) is 0 Å². The monoisotopic (exact) mass is 450 g/mol. The zero-order valence-corrected chi connectivity index (χ0v) is 19.7. The first-order chi connectivity index (χ1) is 16.5. The zero-order chi connectivity index (χ0) is 23.9. The number of aromatic nitrogens is 1. The number of carbonyl (C=O) groups excluding carboxylic acids is 1. The van der Waals surface area contributed by atoms with Gasteiger partial charge in [-0.05, 0) is 54.7 Å². The standard InChI is InChI=1S/C30H30N2O2/c1-3-4-6-9-22-14-18-24(19-15-22)27-20-26(23-16-12-21(2)13-17-23)28(30(34)32-27)29(33)31-25-10-7-5-8-11-25/h5,7-8,10-20H,3-4,6,9H2,1-2H3,(H,31,33)(H,32,34). The molecule has 0 saturated heterocycles. The highest BCUT2D eigenvalue weighted by Crippen LogP contribution is 2.28. The number of aromatic amines is 1. The molecule has 0 spiro atoms. The fraction of sp³-hybridized carbons (Fsp3) is 0.200. The van der Waals surface area contributed by atoms with Crippen molar-refractivity contribution >= 4 is 11.6 Å². The van der Waals surface area contributed by atoms with E-state index in [1.54, 1.807) is 12.1 Å². The minimum Gasteiger partial charge on any atom is -0.322 e. The normalized spacial score (nSPS) is 10.8. The van der Waals surface area contributed by atoms with E-state index in [1.807, 2.05) is 67.6 Å². The Morgan fingerprint density at radius 3 is 2.21 bits per heavy atom. The maximum Gasteiger partial charge on any atom is 0.261 e. The number of H-pyrrole nitrogens is 1. The largest absolute Gasteiger partial charge is 0.322 e. The van der Waals surface area contributed by atoms with Gasteiger partial charge in [-0.1, -0.05) is 92.1 Å². The summed E-state index contributed by atoms with van der Waals surface area (Å²) in [5.41, 5.74) is 5.79. The molecule has 4 rings (SSSR count). The van der Waals surface area contributed by atoms with E-state index in [9.17, 15) is 9.59 Å². The van der Waals surface area contributed by atoms with Crippen molar-refractivity contribution in [1.82, 2.24) is 4.98 Å². The first-order valence-corrected chi connectivity index (χ1v) is 11.8. The number of carbonyl (C=O) groups is 1. The summed E-state index contributed by atoms with van der Waals surface area (Å²) in [4.78, 5) is 29.3. The Labute approximate surface area is 200 Å². The maximum atomic E-state index is 13.2. The number of hydrogen-bond acceptors (Lipinski definition) is 2. The number of anilines is 1. The number of amides is 1. The van der Waals surface area contributed by atoms with Gasteiger partial charge in [-0.15, -0.1) is 0 Å². The molecule has 0 unspecified atom stereocenters. The van der Waals surface area contributed by atoms with Crippen LogP contribution in [0.1, 0.15) is 47.7 Å². The van der Waals surface area contributed by atoms with E-state index in [-0.39, 0.29) is 5.56 Å². The van der Waals surface area contributed by atoms with Crippen molar-refractivity contribution in [2.45, 2.75) is 39.5 Å². The van der Waals surface area contributed by atoms with E-state index >= 15 is 0 Å². The first kappa shape index (κ1) is 23.2. The summed E-state index contributed by atoms with van der Waals surface area (Å²) in [6.07, 6.45) is 4.65. The van der Waals surface area contributed by atoms with E-state index in [2.05, 4.69) is 29.4 Å². The van der Waals surface area contributed by atoms with Gasteiger partial charge in [0.2, 0.25) is 0 Å². The number of para-hydroxylation sites is 1. The van der Waals surface area contributed by atoms with Gasteiger partial charge >= 0.3 is 0 Å². The van der Waals surface area contributed by atoms with Crippen molar-refractivity contribution in [3.8, 4) is 22.4 Å². The van der Waals surface area contributed by atoms with Crippen LogP contribution in [-0.2, 0) is 6.42 Å². The summed E-state index contributed by atoms with van der Waals surface area (Å²) in [5, 5.41) is 2.85. The Morgan fingerprint density at radius 1 is 0.853 bits per heavy atom. The molecule has 1 heterocycles. The molecule has 1 amide bonds. The van der Waals surface area contributed by atoms with Gasteiger partial charge in [-0.3, -0.25) is 9.59 Å². The van der Waals surface area contributed by atoms with Gasteiger partial charge < -0.3 is 10.3 Å². The molecule has 0 saturated carbocycles. The van der Waals surface area contributed by atoms with Crippen LogP contribution in [0.15, 0.2) is 89.7 Å². The van der Waals surface area contributed by atoms with E-state index in [0.717, 1.165) is 23.1 Å². The smallest absolute Gasteiger partial charge is 0.261 e. The Hall–Kier alpha value is -3.92. The van der Waals surface area contributed by atoms with Crippen LogP contribution in [0.5, 0.6) is 0 Å². The Bertz CT molecular complexity index is 1310. The lowest BCUT2D eigenvalue weighted by Gasteiger charge is -2.13. The summed E-state index contributed by atoms with van der Waals surface area (Å²) in [6.45, 7) is 4.22. The molecule has 0 fully saturated rings. The maximum absolute atomic E-state index is 13.2. The van der Waals surface area contributed by atoms with E-state index < -0.39 is 11.5 Å². The van der Waals surface area contributed by atoms with Gasteiger partial charge in [0, 0.05) is 16.9 Å². The minimum atomic E-state index is -0.430. The first-order valence-electron chi connectivity index (χ1n) is 11.8. The highest BCUT2D eigenvalue weighted by Gasteiger charge is 2.19. The van der Waals surface area contributed by atoms with Gasteiger partial charge in [0.25, 0.3) is 11.5 Å². The predicted octanol–water partition coefficient (Wildman–Crippen LogP) is 7.00. The van der Waals surface area contributed by atoms with Crippen LogP contribution in [0.25, 0.3) is 22.4 Å². The molecule has 0 bridgehead atoms. The SMILES string of the molecule is CCCCCc1ccc(-c2cc(-c3ccc(C)cc3)c(C(=O)Nc3ccccc3)c(=O)[nH]2)cc1. The van der Waals surface area contributed by atoms with Crippen LogP contribution in [0, 0.1) is 6.92 Å². The number of nitrogens with one attached hydrogen (secondary N) is 2. The topological polar surface area (TPSA) is 62.0 Å². The number of hydrogen-bond donors (Lipinski definition) is 2. The van der Waals surface area contributed by atoms with Gasteiger partial charge in [0.1, 0.15) is 5.56 Å². The molecular formula is C30H30N2O2. The minimum absolute atomic E-state index is 0.104. The van der Waals surface area contributed by atoms with Gasteiger partial charge in [0.15, 0.2) is 0 Å². The molecule has 0 radical (unpaired) electrons. The predicted molar refractivity (Wildman–Crippen MR) is 140 cm³/mol. The second-order valence-electron chi connectivity index (χ2n) is 8.64. The zero-order valence-electron chi connectivity index (χ0n) is 19.7. The second-order valence-corrected chi connectivity index (χ2v) is 8.64. The van der Waals surface area contributed by atoms with E-state index in [1.165, 1.54) is 24.8 Å². The van der Waals surface area contributed by atoms with E-state index in [0.29, 0.717) is 16.9 Å². The molecule has 34 heavy (non-hydrogen) atoms. The molecule has 0 aliphatic heterocycles. The van der Waals surface area contributed by atoms with Crippen molar-refractivity contribution in [2.75, 3.05) is 5.32 Å². The molecule has 0 aliphatic carbocycles. The fourth-order valence-corrected chi connectivity index (χ4v) is 4.05. The van der Waals surface area contributed by atoms with Crippen molar-refractivity contribution in [1.29, 1.82) is 0 Å². The average molecular weight is 451 g/mol. The van der Waals surface area contributed by atoms with Crippen LogP contribution >= 0.6 is 0 Å². The molecule has 4 nitrogen and oxygen atoms in total. The Kier molecular flexibility index (Phi) is 7.38. The quantitative estimate of drug-likeness (QED) is 0.284. The number of pyridine rings is 1. The molecule has 172 valence electrons. The molecule has 0 aliphatic rings. The Balaban J connectivity index is 1.73. The summed E-state index contributed by atoms with van der Waals surface area (Å²) in [7, 11) is 0. The van der Waals surface area contributed by atoms with Crippen molar-refractivity contribution < 1.29 is 4.79 Å². The van der Waals surface area contributed by atoms with Gasteiger partial charge in [0.05, 0.1) is 0 Å². The lowest BCUT2D eigenvalue weighted by Crippen LogP contribution is -2.25. The molecule has 1 aromatic heterocycles. The molecular weight excluding hydrogens is 420 g/mol. The molecule has 4 heteroatoms. The average Bonchev–Trinajstić information content (AvgIpc) is 2.85. The van der Waals surface area contributed by atoms with Gasteiger partial charge in [-0.25, -0.2) is 0 Å². The number of aryl methyl sites for hydroxylation is 2. The van der Waals surface area contributed by atoms with Crippen molar-refractivity contribution in [3.63, 3.8) is 0 Å². The van der Waals surface area contributed by atoms with Gasteiger partial charge in [-0.2, -0.15) is 0 Å². The molecule has 4 aromatic rings. The number of benzene rings is 3. The number of rotatable bonds is 8. The summed E-state index contributed by atoms with van der Waals surface area (Å²) in [5.74, 6) is -0.430. The highest BCUT2D eigenvalue weighted by molar-refractivity contribution is 6.08. The van der Waals surface area contributed by atoms with Crippen LogP contribution in [0.4, 0.5) is 5.69 Å². The van der Waals surface area contributed by atoms with Crippen LogP contribution in [0.3, 0.4) is 0 Å². The lowest BCUT2D eigenvalue weighted by molar-refractivity contribution is 0.102. The number of unbranched alkanes of at least 4 members (excludes halogenated alkanes) is 2. The molecule has 3 aromatic carbocycles. The summed E-state index contributed by atoms with van der Waals surface area (Å²) in [6, 6.07) is 27.2. The molecule has 2 N–H and O–H groups in total. The third kappa shape index (κ3) is 5.52. The second kappa shape index (κ2) is 10.8. The Morgan fingerprint density at radius 2 is 1.53 bits per heavy atom. The summed E-state index contributed by atoms with van der Waals surface area (Å²) < 4.78 is 0. The molecule has 0 atom stereocenters. The third-order valence-corrected chi connectivity index (χ3v) is 5.99. The highest BCUT2D eigenvalue weighted by atomic mass is 16.2. The van der Waals surface area contributed by atoms with Crippen molar-refractivity contribution in [3.05, 3.63) is 112 Å². The lowest BCUT2D eigenvalue weighted by atomic mass is 9.96. The summed E-state index contributed by atoms with van der Waals surface area (Å²) >= 11 is 0. The fourth-order valence-electron chi connectivity index (χ4n) is 4.05.